The number of hydrogen-bond acceptors (Lipinski definition) is 4. The molecule has 2 unspecified atom stereocenters. The molecule has 0 aliphatic carbocycles. The molecule has 0 amide bonds. The molecule has 0 aromatic heterocycles. The van der Waals surface area contributed by atoms with E-state index in [1.54, 1.807) is 6.92 Å². The zero-order valence-electron chi connectivity index (χ0n) is 12.4. The van der Waals surface area contributed by atoms with Crippen LogP contribution in [0.1, 0.15) is 64.7 Å². The first kappa shape index (κ1) is 18.3. The number of Topliss-reactive ketones (excluding diaryl/α,β-unsaturated/α-hetero) is 1. The lowest BCUT2D eigenvalue weighted by Gasteiger charge is -2.15. The molecule has 4 heteroatoms. The van der Waals surface area contributed by atoms with Crippen molar-refractivity contribution in [3.8, 4) is 0 Å². The summed E-state index contributed by atoms with van der Waals surface area (Å²) in [5.74, 6) is 0.302. The van der Waals surface area contributed by atoms with Crippen molar-refractivity contribution in [2.75, 3.05) is 6.54 Å². The predicted octanol–water partition coefficient (Wildman–Crippen LogP) is 2.44. The summed E-state index contributed by atoms with van der Waals surface area (Å²) < 4.78 is 0. The number of nitrogens with two attached hydrogens (primary N) is 2. The number of carbonyl (C=O) groups is 1. The van der Waals surface area contributed by atoms with Crippen molar-refractivity contribution in [2.45, 2.75) is 76.8 Å². The second-order valence-electron chi connectivity index (χ2n) is 5.52. The Morgan fingerprint density at radius 3 is 2.21 bits per heavy atom. The maximum atomic E-state index is 10.8. The Balaban J connectivity index is 3.29. The molecular formula is C15H31N3O. The fourth-order valence-electron chi connectivity index (χ4n) is 2.23. The highest BCUT2D eigenvalue weighted by atomic mass is 16.1. The molecule has 0 heterocycles. The van der Waals surface area contributed by atoms with Gasteiger partial charge < -0.3 is 16.3 Å². The first-order chi connectivity index (χ1) is 9.06. The minimum Gasteiger partial charge on any atom is -0.328 e. The molecule has 4 N–H and O–H groups in total. The monoisotopic (exact) mass is 269 g/mol. The van der Waals surface area contributed by atoms with Gasteiger partial charge in [-0.25, -0.2) is 0 Å². The van der Waals surface area contributed by atoms with Gasteiger partial charge in [-0.3, -0.25) is 4.99 Å². The number of rotatable bonds is 13. The first-order valence-electron chi connectivity index (χ1n) is 7.49. The fourth-order valence-corrected chi connectivity index (χ4v) is 2.23. The lowest BCUT2D eigenvalue weighted by molar-refractivity contribution is -0.117. The molecular weight excluding hydrogens is 238 g/mol. The summed E-state index contributed by atoms with van der Waals surface area (Å²) in [6.07, 6.45) is 9.67. The van der Waals surface area contributed by atoms with E-state index in [1.807, 2.05) is 0 Å². The molecule has 2 atom stereocenters. The molecule has 0 aromatic carbocycles. The summed E-state index contributed by atoms with van der Waals surface area (Å²) in [6.45, 7) is 5.70. The highest BCUT2D eigenvalue weighted by molar-refractivity contribution is 5.75. The van der Waals surface area contributed by atoms with Gasteiger partial charge in [-0.05, 0) is 32.9 Å². The van der Waals surface area contributed by atoms with E-state index in [-0.39, 0.29) is 12.1 Å². The summed E-state index contributed by atoms with van der Waals surface area (Å²) >= 11 is 0. The number of aliphatic imine (C=N–C) groups is 1. The van der Waals surface area contributed by atoms with E-state index in [1.165, 1.54) is 32.1 Å². The summed E-state index contributed by atoms with van der Waals surface area (Å²) in [7, 11) is 0. The van der Waals surface area contributed by atoms with Gasteiger partial charge in [-0.2, -0.15) is 0 Å². The Hall–Kier alpha value is -0.740. The smallest absolute Gasteiger partial charge is 0.129 e. The molecule has 0 rings (SSSR count). The van der Waals surface area contributed by atoms with Crippen LogP contribution in [-0.4, -0.2) is 31.1 Å². The number of carbonyl (C=O) groups excluding carboxylic acids is 1. The van der Waals surface area contributed by atoms with Gasteiger partial charge in [0.15, 0.2) is 0 Å². The average Bonchev–Trinajstić information content (AvgIpc) is 2.32. The minimum atomic E-state index is 0.0547. The molecule has 4 nitrogen and oxygen atoms in total. The van der Waals surface area contributed by atoms with Crippen LogP contribution in [0.4, 0.5) is 0 Å². The Kier molecular flexibility index (Phi) is 11.8. The van der Waals surface area contributed by atoms with Gasteiger partial charge in [-0.15, -0.1) is 0 Å². The third kappa shape index (κ3) is 13.5. The van der Waals surface area contributed by atoms with E-state index in [0.717, 1.165) is 25.7 Å². The van der Waals surface area contributed by atoms with Crippen LogP contribution >= 0.6 is 0 Å². The van der Waals surface area contributed by atoms with Gasteiger partial charge in [-0.1, -0.05) is 32.1 Å². The molecule has 0 aliphatic rings. The van der Waals surface area contributed by atoms with Crippen LogP contribution in [0, 0.1) is 0 Å². The van der Waals surface area contributed by atoms with Gasteiger partial charge >= 0.3 is 0 Å². The van der Waals surface area contributed by atoms with Crippen LogP contribution in [-0.2, 0) is 4.79 Å². The van der Waals surface area contributed by atoms with Crippen molar-refractivity contribution in [1.29, 1.82) is 0 Å². The number of hydrogen-bond donors (Lipinski definition) is 2. The van der Waals surface area contributed by atoms with Crippen LogP contribution in [0.5, 0.6) is 0 Å². The van der Waals surface area contributed by atoms with Crippen molar-refractivity contribution >= 4 is 12.5 Å². The molecule has 0 aromatic rings. The van der Waals surface area contributed by atoms with Crippen molar-refractivity contribution in [2.24, 2.45) is 16.5 Å². The zero-order valence-corrected chi connectivity index (χ0v) is 12.4. The number of nitrogens with zero attached hydrogens (tertiary/aromatic N) is 1. The van der Waals surface area contributed by atoms with E-state index >= 15 is 0 Å². The third-order valence-electron chi connectivity index (χ3n) is 3.32. The Labute approximate surface area is 118 Å². The highest BCUT2D eigenvalue weighted by Gasteiger charge is 2.08. The normalized spacial score (nSPS) is 14.1. The van der Waals surface area contributed by atoms with Crippen LogP contribution in [0.15, 0.2) is 4.99 Å². The number of ketones is 1. The lowest BCUT2D eigenvalue weighted by Crippen LogP contribution is -2.33. The Morgan fingerprint density at radius 1 is 1.05 bits per heavy atom. The molecule has 0 spiro atoms. The summed E-state index contributed by atoms with van der Waals surface area (Å²) in [6, 6.07) is 0.244. The predicted molar refractivity (Wildman–Crippen MR) is 82.6 cm³/mol. The van der Waals surface area contributed by atoms with E-state index in [4.69, 9.17) is 11.5 Å². The average molecular weight is 269 g/mol. The van der Waals surface area contributed by atoms with Crippen molar-refractivity contribution in [3.05, 3.63) is 0 Å². The molecule has 0 saturated heterocycles. The molecule has 19 heavy (non-hydrogen) atoms. The number of unbranched alkanes of at least 4 members (excludes halogenated alkanes) is 5. The third-order valence-corrected chi connectivity index (χ3v) is 3.32. The Bertz CT molecular complexity index is 244. The van der Waals surface area contributed by atoms with Gasteiger partial charge in [0.25, 0.3) is 0 Å². The summed E-state index contributed by atoms with van der Waals surface area (Å²) in [4.78, 5) is 14.5. The quantitative estimate of drug-likeness (QED) is 0.398. The van der Waals surface area contributed by atoms with E-state index in [2.05, 4.69) is 11.7 Å². The topological polar surface area (TPSA) is 81.5 Å². The van der Waals surface area contributed by atoms with Crippen LogP contribution in [0.3, 0.4) is 0 Å². The molecule has 0 aliphatic heterocycles. The minimum absolute atomic E-state index is 0.0547. The van der Waals surface area contributed by atoms with Gasteiger partial charge in [0.05, 0.1) is 6.54 Å². The largest absolute Gasteiger partial charge is 0.328 e. The summed E-state index contributed by atoms with van der Waals surface area (Å²) in [5.41, 5.74) is 11.9. The van der Waals surface area contributed by atoms with Crippen molar-refractivity contribution < 1.29 is 4.79 Å². The zero-order chi connectivity index (χ0) is 14.5. The van der Waals surface area contributed by atoms with E-state index in [0.29, 0.717) is 12.3 Å². The van der Waals surface area contributed by atoms with Crippen molar-refractivity contribution in [3.63, 3.8) is 0 Å². The maximum absolute atomic E-state index is 10.8. The van der Waals surface area contributed by atoms with Crippen LogP contribution in [0.25, 0.3) is 0 Å². The summed E-state index contributed by atoms with van der Waals surface area (Å²) in [5, 5.41) is 0. The highest BCUT2D eigenvalue weighted by Crippen LogP contribution is 2.11. The standard InChI is InChI=1S/C15H31N3O/c1-13(19)9-7-5-3-4-6-8-10-14(16)11-15(17)12-18-2/h14-15H,2-12,16-17H2,1H3. The van der Waals surface area contributed by atoms with E-state index < -0.39 is 0 Å². The maximum Gasteiger partial charge on any atom is 0.129 e. The van der Waals surface area contributed by atoms with Gasteiger partial charge in [0.1, 0.15) is 5.78 Å². The second kappa shape index (κ2) is 12.3. The molecule has 0 saturated carbocycles. The molecule has 112 valence electrons. The van der Waals surface area contributed by atoms with Crippen molar-refractivity contribution in [1.82, 2.24) is 0 Å². The lowest BCUT2D eigenvalue weighted by atomic mass is 10.0. The SMILES string of the molecule is C=NCC(N)CC(N)CCCCCCCCC(C)=O. The fraction of sp³-hybridized carbons (Fsp3) is 0.867. The Morgan fingerprint density at radius 2 is 1.63 bits per heavy atom. The first-order valence-corrected chi connectivity index (χ1v) is 7.49. The molecule has 0 fully saturated rings. The second-order valence-corrected chi connectivity index (χ2v) is 5.52. The van der Waals surface area contributed by atoms with Crippen LogP contribution < -0.4 is 11.5 Å². The molecule has 0 bridgehead atoms. The van der Waals surface area contributed by atoms with Gasteiger partial charge in [0, 0.05) is 18.5 Å². The van der Waals surface area contributed by atoms with Gasteiger partial charge in [0.2, 0.25) is 0 Å². The molecule has 0 radical (unpaired) electrons. The van der Waals surface area contributed by atoms with Crippen LogP contribution in [0.2, 0.25) is 0 Å². The van der Waals surface area contributed by atoms with E-state index in [9.17, 15) is 4.79 Å².